The molecule has 4 rings (SSSR count). The number of hydrogen-bond acceptors (Lipinski definition) is 3. The minimum absolute atomic E-state index is 0.122. The van der Waals surface area contributed by atoms with Crippen molar-refractivity contribution < 1.29 is 13.2 Å². The zero-order valence-corrected chi connectivity index (χ0v) is 18.3. The van der Waals surface area contributed by atoms with Gasteiger partial charge in [-0.15, -0.1) is 0 Å². The average Bonchev–Trinajstić information content (AvgIpc) is 2.62. The van der Waals surface area contributed by atoms with Gasteiger partial charge in [0.15, 0.2) is 0 Å². The van der Waals surface area contributed by atoms with Crippen LogP contribution in [0.1, 0.15) is 6.92 Å². The van der Waals surface area contributed by atoms with E-state index in [-0.39, 0.29) is 5.91 Å². The number of fused-ring (bicyclic) bond motifs is 2. The van der Waals surface area contributed by atoms with Crippen molar-refractivity contribution in [2.75, 3.05) is 5.32 Å². The Bertz CT molecular complexity index is 1070. The number of benzene rings is 3. The first-order chi connectivity index (χ1) is 12.5. The van der Waals surface area contributed by atoms with Crippen molar-refractivity contribution in [2.45, 2.75) is 16.7 Å². The Morgan fingerprint density at radius 1 is 0.846 bits per heavy atom. The number of rotatable bonds is 2. The molecule has 0 spiro atoms. The summed E-state index contributed by atoms with van der Waals surface area (Å²) >= 11 is -2.79. The standard InChI is InChI=1S/C12H8O2S.C8H8NO.Bi/c13-15(14,11-7-3-1-4-8-11)12-9-5-2-6-10-12;1-7(10)9-8-5-3-2-4-6-8;/h1-7,9H;2-3,5-6H,1H3,(H,9,10);. The molecule has 1 N–H and O–H groups in total. The zero-order chi connectivity index (χ0) is 18.3. The Morgan fingerprint density at radius 2 is 1.42 bits per heavy atom. The molecule has 1 amide bonds. The van der Waals surface area contributed by atoms with Crippen LogP contribution in [0.3, 0.4) is 0 Å². The number of hydrogen-bond donors (Lipinski definition) is 1. The topological polar surface area (TPSA) is 63.2 Å². The molecule has 0 saturated carbocycles. The molecule has 0 aromatic heterocycles. The summed E-state index contributed by atoms with van der Waals surface area (Å²) < 4.78 is 29.2. The van der Waals surface area contributed by atoms with E-state index in [0.717, 1.165) is 15.5 Å². The van der Waals surface area contributed by atoms with E-state index < -0.39 is 31.6 Å². The molecule has 4 nitrogen and oxygen atoms in total. The third-order valence-electron chi connectivity index (χ3n) is 4.22. The number of carbonyl (C=O) groups is 1. The van der Waals surface area contributed by atoms with Crippen LogP contribution in [0.5, 0.6) is 0 Å². The fourth-order valence-corrected chi connectivity index (χ4v) is 18.3. The van der Waals surface area contributed by atoms with Crippen LogP contribution >= 0.6 is 0 Å². The molecule has 1 aliphatic heterocycles. The van der Waals surface area contributed by atoms with Crippen molar-refractivity contribution in [2.24, 2.45) is 0 Å². The molecule has 3 aromatic rings. The van der Waals surface area contributed by atoms with Crippen molar-refractivity contribution >= 4 is 53.0 Å². The molecule has 0 saturated heterocycles. The molecule has 1 heterocycles. The van der Waals surface area contributed by atoms with Crippen molar-refractivity contribution in [1.29, 1.82) is 0 Å². The van der Waals surface area contributed by atoms with Gasteiger partial charge in [-0.2, -0.15) is 0 Å². The molecule has 0 aliphatic carbocycles. The second-order valence-corrected chi connectivity index (χ2v) is 16.3. The molecular weight excluding hydrogens is 543 g/mol. The van der Waals surface area contributed by atoms with Gasteiger partial charge in [0.1, 0.15) is 0 Å². The average molecular weight is 559 g/mol. The van der Waals surface area contributed by atoms with Crippen LogP contribution in [0.4, 0.5) is 5.69 Å². The van der Waals surface area contributed by atoms with Crippen LogP contribution in [0, 0.1) is 0 Å². The Morgan fingerprint density at radius 3 is 2.00 bits per heavy atom. The van der Waals surface area contributed by atoms with Crippen LogP contribution < -0.4 is 15.1 Å². The molecule has 130 valence electrons. The quantitative estimate of drug-likeness (QED) is 0.377. The molecule has 0 fully saturated rings. The van der Waals surface area contributed by atoms with E-state index in [9.17, 15) is 13.2 Å². The first-order valence-electron chi connectivity index (χ1n) is 8.09. The van der Waals surface area contributed by atoms with Gasteiger partial charge in [0.25, 0.3) is 0 Å². The van der Waals surface area contributed by atoms with Gasteiger partial charge in [0.2, 0.25) is 0 Å². The molecule has 6 heteroatoms. The van der Waals surface area contributed by atoms with Gasteiger partial charge < -0.3 is 0 Å². The fraction of sp³-hybridized carbons (Fsp3) is 0.0500. The maximum atomic E-state index is 13.1. The van der Waals surface area contributed by atoms with Crippen molar-refractivity contribution in [3.63, 3.8) is 0 Å². The Balaban J connectivity index is 1.97. The summed E-state index contributed by atoms with van der Waals surface area (Å²) in [5.41, 5.74) is 0.744. The molecule has 1 aliphatic rings. The molecule has 0 bridgehead atoms. The maximum absolute atomic E-state index is 13.1. The van der Waals surface area contributed by atoms with Crippen LogP contribution in [-0.4, -0.2) is 36.1 Å². The first kappa shape index (κ1) is 17.4. The number of nitrogens with one attached hydrogen (secondary N) is 1. The number of anilines is 1. The Hall–Kier alpha value is -2.04. The van der Waals surface area contributed by atoms with Gasteiger partial charge in [0.05, 0.1) is 0 Å². The second-order valence-electron chi connectivity index (χ2n) is 6.01. The van der Waals surface area contributed by atoms with Crippen molar-refractivity contribution in [3.8, 4) is 0 Å². The van der Waals surface area contributed by atoms with E-state index in [1.54, 1.807) is 24.3 Å². The number of carbonyl (C=O) groups excluding carboxylic acids is 1. The molecule has 26 heavy (non-hydrogen) atoms. The second kappa shape index (κ2) is 6.60. The van der Waals surface area contributed by atoms with Gasteiger partial charge in [-0.05, 0) is 0 Å². The summed E-state index contributed by atoms with van der Waals surface area (Å²) in [6.07, 6.45) is 0. The van der Waals surface area contributed by atoms with E-state index in [4.69, 9.17) is 0 Å². The molecular formula is C20H16BiNO3S. The predicted octanol–water partition coefficient (Wildman–Crippen LogP) is 1.31. The number of sulfone groups is 1. The normalized spacial score (nSPS) is 15.0. The monoisotopic (exact) mass is 559 g/mol. The van der Waals surface area contributed by atoms with E-state index in [0.29, 0.717) is 9.79 Å². The summed E-state index contributed by atoms with van der Waals surface area (Å²) in [4.78, 5) is 12.3. The summed E-state index contributed by atoms with van der Waals surface area (Å²) in [6.45, 7) is 1.48. The molecule has 0 atom stereocenters. The Kier molecular flexibility index (Phi) is 4.41. The van der Waals surface area contributed by atoms with Gasteiger partial charge in [-0.3, -0.25) is 0 Å². The Labute approximate surface area is 160 Å². The van der Waals surface area contributed by atoms with Crippen molar-refractivity contribution in [1.82, 2.24) is 0 Å². The summed E-state index contributed by atoms with van der Waals surface area (Å²) in [6, 6.07) is 22.5. The van der Waals surface area contributed by atoms with Crippen LogP contribution in [0.25, 0.3) is 0 Å². The van der Waals surface area contributed by atoms with Gasteiger partial charge >= 0.3 is 161 Å². The summed E-state index contributed by atoms with van der Waals surface area (Å²) in [5.74, 6) is -0.122. The van der Waals surface area contributed by atoms with E-state index in [1.807, 2.05) is 42.5 Å². The molecule has 0 unspecified atom stereocenters. The third-order valence-corrected chi connectivity index (χ3v) is 17.2. The van der Waals surface area contributed by atoms with Crippen LogP contribution in [0.15, 0.2) is 82.6 Å². The van der Waals surface area contributed by atoms with Crippen LogP contribution in [-0.2, 0) is 14.6 Å². The van der Waals surface area contributed by atoms with E-state index in [2.05, 4.69) is 11.4 Å². The number of amides is 1. The van der Waals surface area contributed by atoms with Crippen molar-refractivity contribution in [3.05, 3.63) is 72.8 Å². The summed E-state index contributed by atoms with van der Waals surface area (Å²) in [5, 5.41) is 2.82. The molecule has 0 radical (unpaired) electrons. The third kappa shape index (κ3) is 2.87. The van der Waals surface area contributed by atoms with Crippen LogP contribution in [0.2, 0.25) is 0 Å². The van der Waals surface area contributed by atoms with Gasteiger partial charge in [-0.25, -0.2) is 0 Å². The van der Waals surface area contributed by atoms with Gasteiger partial charge in [-0.1, -0.05) is 0 Å². The molecule has 3 aromatic carbocycles. The predicted molar refractivity (Wildman–Crippen MR) is 104 cm³/mol. The first-order valence-corrected chi connectivity index (χ1v) is 14.8. The zero-order valence-electron chi connectivity index (χ0n) is 14.0. The summed E-state index contributed by atoms with van der Waals surface area (Å²) in [7, 11) is -3.49. The minimum atomic E-state index is -3.49. The van der Waals surface area contributed by atoms with E-state index in [1.165, 1.54) is 6.92 Å². The van der Waals surface area contributed by atoms with Gasteiger partial charge in [0, 0.05) is 0 Å². The SMILES string of the molecule is CC(=O)Nc1ccc[c]([Bi]2[c]3ccccc3S(=O)(=O)c3cccc[c]32)c1. The van der Waals surface area contributed by atoms with E-state index >= 15 is 0 Å². The fourth-order valence-electron chi connectivity index (χ4n) is 3.19.